The molecule has 4 rings (SSSR count). The third-order valence-electron chi connectivity index (χ3n) is 5.45. The van der Waals surface area contributed by atoms with Gasteiger partial charge in [-0.3, -0.25) is 9.59 Å². The predicted octanol–water partition coefficient (Wildman–Crippen LogP) is 3.67. The summed E-state index contributed by atoms with van der Waals surface area (Å²) in [4.78, 5) is 27.8. The molecule has 8 heteroatoms. The molecule has 2 aromatic carbocycles. The summed E-state index contributed by atoms with van der Waals surface area (Å²) >= 11 is 0. The van der Waals surface area contributed by atoms with Gasteiger partial charge in [-0.05, 0) is 29.8 Å². The van der Waals surface area contributed by atoms with Gasteiger partial charge in [0.2, 0.25) is 5.78 Å². The van der Waals surface area contributed by atoms with Crippen molar-refractivity contribution in [3.05, 3.63) is 71.2 Å². The maximum Gasteiger partial charge on any atom is 0.290 e. The Morgan fingerprint density at radius 3 is 2.59 bits per heavy atom. The molecule has 1 aliphatic rings. The van der Waals surface area contributed by atoms with Gasteiger partial charge in [0.25, 0.3) is 5.91 Å². The zero-order valence-electron chi connectivity index (χ0n) is 18.0. The first-order chi connectivity index (χ1) is 15.5. The van der Waals surface area contributed by atoms with Crippen LogP contribution in [0.2, 0.25) is 0 Å². The van der Waals surface area contributed by atoms with E-state index in [2.05, 4.69) is 0 Å². The minimum atomic E-state index is -0.824. The van der Waals surface area contributed by atoms with Crippen LogP contribution >= 0.6 is 0 Å². The molecule has 1 amide bonds. The molecule has 2 heterocycles. The Hall–Kier alpha value is -3.78. The van der Waals surface area contributed by atoms with E-state index < -0.39 is 23.5 Å². The average Bonchev–Trinajstić information content (AvgIpc) is 3.36. The number of carbonyl (C=O) groups excluding carboxylic acids is 2. The number of Topliss-reactive ketones (excluding diaryl/α,β-unsaturated/α-hetero) is 1. The van der Waals surface area contributed by atoms with Crippen molar-refractivity contribution in [2.24, 2.45) is 0 Å². The SMILES string of the molecule is COCCN1C(=O)C(O)=C(C(=O)c2cc3cccc(OC)c3o2)C1c1cccc(OC)c1. The number of amides is 1. The second kappa shape index (κ2) is 8.76. The van der Waals surface area contributed by atoms with E-state index in [4.69, 9.17) is 18.6 Å². The van der Waals surface area contributed by atoms with Crippen molar-refractivity contribution < 1.29 is 33.3 Å². The zero-order chi connectivity index (χ0) is 22.8. The maximum absolute atomic E-state index is 13.5. The van der Waals surface area contributed by atoms with Crippen molar-refractivity contribution in [1.29, 1.82) is 0 Å². The van der Waals surface area contributed by atoms with E-state index in [0.717, 1.165) is 0 Å². The molecule has 0 saturated heterocycles. The maximum atomic E-state index is 13.5. The molecule has 0 spiro atoms. The molecule has 0 fully saturated rings. The summed E-state index contributed by atoms with van der Waals surface area (Å²) in [6.07, 6.45) is 0. The number of fused-ring (bicyclic) bond motifs is 1. The molecule has 1 aromatic heterocycles. The van der Waals surface area contributed by atoms with Crippen molar-refractivity contribution in [3.63, 3.8) is 0 Å². The lowest BCUT2D eigenvalue weighted by Crippen LogP contribution is -2.34. The summed E-state index contributed by atoms with van der Waals surface area (Å²) in [5.41, 5.74) is 0.976. The highest BCUT2D eigenvalue weighted by Gasteiger charge is 2.44. The number of aliphatic hydroxyl groups excluding tert-OH is 1. The summed E-state index contributed by atoms with van der Waals surface area (Å²) < 4.78 is 21.5. The van der Waals surface area contributed by atoms with Crippen molar-refractivity contribution in [3.8, 4) is 11.5 Å². The van der Waals surface area contributed by atoms with Crippen LogP contribution in [0, 0.1) is 0 Å². The van der Waals surface area contributed by atoms with Gasteiger partial charge in [-0.1, -0.05) is 24.3 Å². The second-order valence-corrected chi connectivity index (χ2v) is 7.25. The van der Waals surface area contributed by atoms with Crippen LogP contribution in [-0.2, 0) is 9.53 Å². The Bertz CT molecular complexity index is 1210. The Kier molecular flexibility index (Phi) is 5.87. The van der Waals surface area contributed by atoms with Gasteiger partial charge in [0, 0.05) is 19.0 Å². The first-order valence-electron chi connectivity index (χ1n) is 9.98. The van der Waals surface area contributed by atoms with E-state index in [0.29, 0.717) is 28.0 Å². The predicted molar refractivity (Wildman–Crippen MR) is 116 cm³/mol. The van der Waals surface area contributed by atoms with Gasteiger partial charge in [0.15, 0.2) is 22.9 Å². The van der Waals surface area contributed by atoms with Crippen LogP contribution in [0.25, 0.3) is 11.0 Å². The van der Waals surface area contributed by atoms with Gasteiger partial charge in [0.05, 0.1) is 32.4 Å². The van der Waals surface area contributed by atoms with E-state index in [9.17, 15) is 14.7 Å². The van der Waals surface area contributed by atoms with Crippen LogP contribution in [0.5, 0.6) is 11.5 Å². The molecule has 1 aliphatic heterocycles. The fraction of sp³-hybridized carbons (Fsp3) is 0.250. The van der Waals surface area contributed by atoms with E-state index in [1.54, 1.807) is 48.5 Å². The molecule has 1 unspecified atom stereocenters. The molecule has 3 aromatic rings. The van der Waals surface area contributed by atoms with Crippen LogP contribution in [0.15, 0.2) is 64.3 Å². The Labute approximate surface area is 184 Å². The number of carbonyl (C=O) groups is 2. The van der Waals surface area contributed by atoms with Crippen molar-refractivity contribution in [2.75, 3.05) is 34.5 Å². The molecule has 0 aliphatic carbocycles. The fourth-order valence-corrected chi connectivity index (χ4v) is 3.91. The van der Waals surface area contributed by atoms with Gasteiger partial charge < -0.3 is 28.6 Å². The average molecular weight is 437 g/mol. The highest BCUT2D eigenvalue weighted by atomic mass is 16.5. The van der Waals surface area contributed by atoms with Crippen molar-refractivity contribution in [2.45, 2.75) is 6.04 Å². The first kappa shape index (κ1) is 21.5. The number of nitrogens with zero attached hydrogens (tertiary/aromatic N) is 1. The molecule has 0 bridgehead atoms. The van der Waals surface area contributed by atoms with E-state index in [-0.39, 0.29) is 24.5 Å². The third kappa shape index (κ3) is 3.58. The lowest BCUT2D eigenvalue weighted by atomic mass is 9.95. The number of hydrogen-bond donors (Lipinski definition) is 1. The summed E-state index contributed by atoms with van der Waals surface area (Å²) in [5.74, 6) is -0.790. The van der Waals surface area contributed by atoms with E-state index in [1.807, 2.05) is 0 Å². The van der Waals surface area contributed by atoms with Crippen LogP contribution in [0.4, 0.5) is 0 Å². The molecule has 8 nitrogen and oxygen atoms in total. The van der Waals surface area contributed by atoms with Crippen molar-refractivity contribution >= 4 is 22.7 Å². The number of ether oxygens (including phenoxy) is 3. The summed E-state index contributed by atoms with van der Waals surface area (Å²) in [6.45, 7) is 0.425. The smallest absolute Gasteiger partial charge is 0.290 e. The number of furan rings is 1. The number of hydrogen-bond acceptors (Lipinski definition) is 7. The topological polar surface area (TPSA) is 98.4 Å². The number of benzene rings is 2. The standard InChI is InChI=1S/C24H23NO7/c1-29-11-10-25-20(14-6-4-8-16(12-14)30-2)19(22(27)24(25)28)21(26)18-13-15-7-5-9-17(31-3)23(15)32-18/h4-9,12-13,20,27H,10-11H2,1-3H3. The molecule has 1 N–H and O–H groups in total. The van der Waals surface area contributed by atoms with Crippen LogP contribution < -0.4 is 9.47 Å². The summed E-state index contributed by atoms with van der Waals surface area (Å²) in [7, 11) is 4.56. The Morgan fingerprint density at radius 2 is 1.88 bits per heavy atom. The van der Waals surface area contributed by atoms with Gasteiger partial charge in [-0.15, -0.1) is 0 Å². The highest BCUT2D eigenvalue weighted by Crippen LogP contribution is 2.40. The molecular formula is C24H23NO7. The lowest BCUT2D eigenvalue weighted by molar-refractivity contribution is -0.130. The normalized spacial score (nSPS) is 16.2. The quantitative estimate of drug-likeness (QED) is 0.537. The van der Waals surface area contributed by atoms with Crippen LogP contribution in [0.1, 0.15) is 22.2 Å². The van der Waals surface area contributed by atoms with Crippen LogP contribution in [0.3, 0.4) is 0 Å². The second-order valence-electron chi connectivity index (χ2n) is 7.25. The number of ketones is 1. The largest absolute Gasteiger partial charge is 0.503 e. The van der Waals surface area contributed by atoms with Gasteiger partial charge in [-0.2, -0.15) is 0 Å². The minimum Gasteiger partial charge on any atom is -0.503 e. The Morgan fingerprint density at radius 1 is 1.09 bits per heavy atom. The van der Waals surface area contributed by atoms with Crippen molar-refractivity contribution in [1.82, 2.24) is 4.90 Å². The highest BCUT2D eigenvalue weighted by molar-refractivity contribution is 6.16. The third-order valence-corrected chi connectivity index (χ3v) is 5.45. The molecule has 1 atom stereocenters. The van der Waals surface area contributed by atoms with Gasteiger partial charge in [0.1, 0.15) is 5.75 Å². The van der Waals surface area contributed by atoms with E-state index >= 15 is 0 Å². The number of aliphatic hydroxyl groups is 1. The lowest BCUT2D eigenvalue weighted by Gasteiger charge is -2.26. The number of para-hydroxylation sites is 1. The number of methoxy groups -OCH3 is 3. The Balaban J connectivity index is 1.82. The first-order valence-corrected chi connectivity index (χ1v) is 9.98. The van der Waals surface area contributed by atoms with Crippen LogP contribution in [-0.4, -0.2) is 56.2 Å². The molecule has 0 saturated carbocycles. The molecular weight excluding hydrogens is 414 g/mol. The molecule has 166 valence electrons. The minimum absolute atomic E-state index is 0.000313. The monoisotopic (exact) mass is 437 g/mol. The molecule has 0 radical (unpaired) electrons. The van der Waals surface area contributed by atoms with Gasteiger partial charge >= 0.3 is 0 Å². The number of rotatable bonds is 8. The summed E-state index contributed by atoms with van der Waals surface area (Å²) in [5, 5.41) is 11.4. The summed E-state index contributed by atoms with van der Waals surface area (Å²) in [6, 6.07) is 13.1. The fourth-order valence-electron chi connectivity index (χ4n) is 3.91. The zero-order valence-corrected chi connectivity index (χ0v) is 18.0. The van der Waals surface area contributed by atoms with Gasteiger partial charge in [-0.25, -0.2) is 0 Å². The van der Waals surface area contributed by atoms with E-state index in [1.165, 1.54) is 26.2 Å². The molecule has 32 heavy (non-hydrogen) atoms.